The highest BCUT2D eigenvalue weighted by molar-refractivity contribution is 5.60. The van der Waals surface area contributed by atoms with Crippen LogP contribution in [0.3, 0.4) is 0 Å². The van der Waals surface area contributed by atoms with Crippen molar-refractivity contribution in [3.8, 4) is 11.3 Å². The van der Waals surface area contributed by atoms with Crippen molar-refractivity contribution in [2.75, 3.05) is 0 Å². The molecule has 1 heterocycles. The van der Waals surface area contributed by atoms with E-state index < -0.39 is 0 Å². The number of nitrogens with zero attached hydrogens (tertiary/aromatic N) is 2. The standard InChI is InChI=1S/C16H19FN2/c1-5-14-9-16(18-19(14)10-11(2)3)13-6-7-15(17)12(4)8-13/h6-9H,2,5,10H2,1,3-4H3. The molecule has 0 amide bonds. The molecule has 100 valence electrons. The van der Waals surface area contributed by atoms with Crippen LogP contribution in [0.25, 0.3) is 11.3 Å². The Hall–Kier alpha value is -1.90. The van der Waals surface area contributed by atoms with E-state index in [4.69, 9.17) is 0 Å². The molecule has 0 fully saturated rings. The van der Waals surface area contributed by atoms with Gasteiger partial charge in [0.15, 0.2) is 0 Å². The van der Waals surface area contributed by atoms with Gasteiger partial charge in [-0.3, -0.25) is 4.68 Å². The predicted molar refractivity (Wildman–Crippen MR) is 76.6 cm³/mol. The quantitative estimate of drug-likeness (QED) is 0.754. The highest BCUT2D eigenvalue weighted by Gasteiger charge is 2.09. The zero-order chi connectivity index (χ0) is 14.0. The topological polar surface area (TPSA) is 17.8 Å². The molecule has 0 saturated carbocycles. The molecule has 0 unspecified atom stereocenters. The third-order valence-corrected chi connectivity index (χ3v) is 3.10. The van der Waals surface area contributed by atoms with E-state index in [1.54, 1.807) is 13.0 Å². The van der Waals surface area contributed by atoms with Crippen LogP contribution < -0.4 is 0 Å². The molecule has 2 nitrogen and oxygen atoms in total. The summed E-state index contributed by atoms with van der Waals surface area (Å²) >= 11 is 0. The molecule has 1 aromatic carbocycles. The third kappa shape index (κ3) is 2.92. The van der Waals surface area contributed by atoms with E-state index in [1.807, 2.05) is 17.7 Å². The Labute approximate surface area is 113 Å². The summed E-state index contributed by atoms with van der Waals surface area (Å²) in [5.41, 5.74) is 4.72. The maximum absolute atomic E-state index is 13.3. The highest BCUT2D eigenvalue weighted by atomic mass is 19.1. The fraction of sp³-hybridized carbons (Fsp3) is 0.312. The van der Waals surface area contributed by atoms with Crippen LogP contribution in [-0.2, 0) is 13.0 Å². The van der Waals surface area contributed by atoms with Gasteiger partial charge in [-0.2, -0.15) is 5.10 Å². The lowest BCUT2D eigenvalue weighted by atomic mass is 10.1. The van der Waals surface area contributed by atoms with Gasteiger partial charge in [-0.15, -0.1) is 0 Å². The molecule has 0 N–H and O–H groups in total. The number of halogens is 1. The van der Waals surface area contributed by atoms with Crippen LogP contribution in [0.5, 0.6) is 0 Å². The summed E-state index contributed by atoms with van der Waals surface area (Å²) in [7, 11) is 0. The van der Waals surface area contributed by atoms with Crippen LogP contribution >= 0.6 is 0 Å². The van der Waals surface area contributed by atoms with E-state index in [2.05, 4.69) is 24.7 Å². The summed E-state index contributed by atoms with van der Waals surface area (Å²) in [6.45, 7) is 10.5. The molecule has 0 saturated heterocycles. The minimum atomic E-state index is -0.180. The second kappa shape index (κ2) is 5.39. The summed E-state index contributed by atoms with van der Waals surface area (Å²) < 4.78 is 15.3. The predicted octanol–water partition coefficient (Wildman–Crippen LogP) is 4.14. The van der Waals surface area contributed by atoms with Gasteiger partial charge < -0.3 is 0 Å². The lowest BCUT2D eigenvalue weighted by molar-refractivity contribution is 0.618. The largest absolute Gasteiger partial charge is 0.265 e. The van der Waals surface area contributed by atoms with E-state index in [1.165, 1.54) is 11.8 Å². The second-order valence-corrected chi connectivity index (χ2v) is 4.95. The summed E-state index contributed by atoms with van der Waals surface area (Å²) in [6.07, 6.45) is 0.917. The normalized spacial score (nSPS) is 10.7. The molecule has 19 heavy (non-hydrogen) atoms. The molecule has 0 spiro atoms. The average Bonchev–Trinajstić information content (AvgIpc) is 2.75. The fourth-order valence-corrected chi connectivity index (χ4v) is 2.08. The maximum atomic E-state index is 13.3. The van der Waals surface area contributed by atoms with Gasteiger partial charge in [0.1, 0.15) is 5.82 Å². The van der Waals surface area contributed by atoms with Gasteiger partial charge in [0, 0.05) is 11.3 Å². The van der Waals surface area contributed by atoms with Crippen molar-refractivity contribution >= 4 is 0 Å². The molecule has 0 atom stereocenters. The Kier molecular flexibility index (Phi) is 3.84. The number of allylic oxidation sites excluding steroid dienone is 1. The van der Waals surface area contributed by atoms with E-state index in [0.29, 0.717) is 5.56 Å². The van der Waals surface area contributed by atoms with Crippen LogP contribution in [0.2, 0.25) is 0 Å². The van der Waals surface area contributed by atoms with Crippen molar-refractivity contribution in [2.45, 2.75) is 33.7 Å². The SMILES string of the molecule is C=C(C)Cn1nc(-c2ccc(F)c(C)c2)cc1CC. The number of rotatable bonds is 4. The highest BCUT2D eigenvalue weighted by Crippen LogP contribution is 2.22. The molecule has 3 heteroatoms. The minimum Gasteiger partial charge on any atom is -0.265 e. The lowest BCUT2D eigenvalue weighted by Gasteiger charge is -2.04. The van der Waals surface area contributed by atoms with Crippen molar-refractivity contribution in [1.29, 1.82) is 0 Å². The Bertz CT molecular complexity index is 611. The molecule has 2 rings (SSSR count). The summed E-state index contributed by atoms with van der Waals surface area (Å²) in [6, 6.07) is 7.17. The molecule has 1 aromatic heterocycles. The van der Waals surface area contributed by atoms with Crippen molar-refractivity contribution < 1.29 is 4.39 Å². The fourth-order valence-electron chi connectivity index (χ4n) is 2.08. The average molecular weight is 258 g/mol. The third-order valence-electron chi connectivity index (χ3n) is 3.10. The monoisotopic (exact) mass is 258 g/mol. The summed E-state index contributed by atoms with van der Waals surface area (Å²) in [5.74, 6) is -0.180. The smallest absolute Gasteiger partial charge is 0.126 e. The van der Waals surface area contributed by atoms with E-state index in [9.17, 15) is 4.39 Å². The minimum absolute atomic E-state index is 0.180. The van der Waals surface area contributed by atoms with Crippen molar-refractivity contribution in [1.82, 2.24) is 9.78 Å². The van der Waals surface area contributed by atoms with Crippen LogP contribution in [-0.4, -0.2) is 9.78 Å². The van der Waals surface area contributed by atoms with E-state index in [0.717, 1.165) is 29.8 Å². The first-order chi connectivity index (χ1) is 9.01. The molecule has 2 aromatic rings. The Morgan fingerprint density at radius 2 is 2.11 bits per heavy atom. The second-order valence-electron chi connectivity index (χ2n) is 4.95. The zero-order valence-corrected chi connectivity index (χ0v) is 11.7. The molecule has 0 bridgehead atoms. The van der Waals surface area contributed by atoms with Crippen LogP contribution in [0, 0.1) is 12.7 Å². The Morgan fingerprint density at radius 3 is 2.68 bits per heavy atom. The van der Waals surface area contributed by atoms with Gasteiger partial charge in [-0.05, 0) is 50.1 Å². The van der Waals surface area contributed by atoms with Gasteiger partial charge in [0.2, 0.25) is 0 Å². The maximum Gasteiger partial charge on any atom is 0.126 e. The first-order valence-electron chi connectivity index (χ1n) is 6.49. The van der Waals surface area contributed by atoms with Gasteiger partial charge in [0.25, 0.3) is 0 Å². The van der Waals surface area contributed by atoms with Crippen molar-refractivity contribution in [3.05, 3.63) is 53.5 Å². The number of hydrogen-bond acceptors (Lipinski definition) is 1. The van der Waals surface area contributed by atoms with Crippen molar-refractivity contribution in [3.63, 3.8) is 0 Å². The van der Waals surface area contributed by atoms with Gasteiger partial charge in [0.05, 0.1) is 12.2 Å². The zero-order valence-electron chi connectivity index (χ0n) is 11.7. The van der Waals surface area contributed by atoms with Gasteiger partial charge in [-0.1, -0.05) is 19.1 Å². The summed E-state index contributed by atoms with van der Waals surface area (Å²) in [4.78, 5) is 0. The van der Waals surface area contributed by atoms with Crippen LogP contribution in [0.4, 0.5) is 4.39 Å². The van der Waals surface area contributed by atoms with Crippen LogP contribution in [0.1, 0.15) is 25.1 Å². The number of benzene rings is 1. The first-order valence-corrected chi connectivity index (χ1v) is 6.49. The first kappa shape index (κ1) is 13.5. The van der Waals surface area contributed by atoms with E-state index >= 15 is 0 Å². The number of aryl methyl sites for hydroxylation is 2. The Morgan fingerprint density at radius 1 is 1.37 bits per heavy atom. The molecular weight excluding hydrogens is 239 g/mol. The summed E-state index contributed by atoms with van der Waals surface area (Å²) in [5, 5.41) is 4.60. The number of aromatic nitrogens is 2. The molecular formula is C16H19FN2. The van der Waals surface area contributed by atoms with Crippen molar-refractivity contribution in [2.24, 2.45) is 0 Å². The molecule has 0 aliphatic carbocycles. The molecule has 0 aliphatic heterocycles. The van der Waals surface area contributed by atoms with Gasteiger partial charge >= 0.3 is 0 Å². The lowest BCUT2D eigenvalue weighted by Crippen LogP contribution is -2.04. The van der Waals surface area contributed by atoms with Gasteiger partial charge in [-0.25, -0.2) is 4.39 Å². The Balaban J connectivity index is 2.42. The van der Waals surface area contributed by atoms with E-state index in [-0.39, 0.29) is 5.82 Å². The molecule has 0 aliphatic rings. The van der Waals surface area contributed by atoms with Crippen LogP contribution in [0.15, 0.2) is 36.4 Å². The molecule has 0 radical (unpaired) electrons. The number of hydrogen-bond donors (Lipinski definition) is 0.